The highest BCUT2D eigenvalue weighted by molar-refractivity contribution is 5.78. The molecule has 0 spiro atoms. The number of hydrogen-bond acceptors (Lipinski definition) is 4. The molecule has 1 aromatic rings. The normalized spacial score (nSPS) is 19.8. The van der Waals surface area contributed by atoms with E-state index in [4.69, 9.17) is 14.2 Å². The third-order valence-electron chi connectivity index (χ3n) is 4.00. The summed E-state index contributed by atoms with van der Waals surface area (Å²) in [5.74, 6) is 0.593. The van der Waals surface area contributed by atoms with Gasteiger partial charge >= 0.3 is 5.97 Å². The summed E-state index contributed by atoms with van der Waals surface area (Å²) in [4.78, 5) is 12.0. The number of aryl methyl sites for hydroxylation is 1. The summed E-state index contributed by atoms with van der Waals surface area (Å²) >= 11 is 0. The highest BCUT2D eigenvalue weighted by Gasteiger charge is 2.48. The number of unbranched alkanes of at least 4 members (excludes halogenated alkanes) is 3. The first-order valence-electron chi connectivity index (χ1n) is 8.20. The summed E-state index contributed by atoms with van der Waals surface area (Å²) in [5.41, 5.74) is 2.22. The molecule has 2 atom stereocenters. The van der Waals surface area contributed by atoms with E-state index in [0.717, 1.165) is 36.1 Å². The van der Waals surface area contributed by atoms with Gasteiger partial charge in [0.25, 0.3) is 0 Å². The van der Waals surface area contributed by atoms with Gasteiger partial charge in [-0.05, 0) is 36.1 Å². The van der Waals surface area contributed by atoms with Crippen LogP contribution in [0.1, 0.15) is 56.8 Å². The Morgan fingerprint density at radius 1 is 1.23 bits per heavy atom. The number of carbonyl (C=O) groups excluding carboxylic acids is 1. The molecular weight excluding hydrogens is 280 g/mol. The fraction of sp³-hybridized carbons (Fsp3) is 0.611. The molecule has 0 aliphatic carbocycles. The minimum atomic E-state index is -0.440. The van der Waals surface area contributed by atoms with Crippen LogP contribution in [0.4, 0.5) is 0 Å². The summed E-state index contributed by atoms with van der Waals surface area (Å²) in [6, 6.07) is 5.89. The van der Waals surface area contributed by atoms with E-state index >= 15 is 0 Å². The molecule has 22 heavy (non-hydrogen) atoms. The summed E-state index contributed by atoms with van der Waals surface area (Å²) in [6.07, 6.45) is 4.68. The molecule has 0 bridgehead atoms. The molecule has 1 saturated heterocycles. The molecule has 1 aromatic carbocycles. The third-order valence-corrected chi connectivity index (χ3v) is 4.00. The topological polar surface area (TPSA) is 48.1 Å². The van der Waals surface area contributed by atoms with Crippen LogP contribution >= 0.6 is 0 Å². The number of carbonyl (C=O) groups is 1. The molecule has 0 N–H and O–H groups in total. The average molecular weight is 306 g/mol. The summed E-state index contributed by atoms with van der Waals surface area (Å²) in [7, 11) is 1.65. The van der Waals surface area contributed by atoms with Crippen LogP contribution in [0.5, 0.6) is 5.75 Å². The monoisotopic (exact) mass is 306 g/mol. The number of rotatable bonds is 9. The van der Waals surface area contributed by atoms with Crippen LogP contribution in [0.3, 0.4) is 0 Å². The molecule has 0 radical (unpaired) electrons. The molecule has 1 fully saturated rings. The molecule has 1 aliphatic rings. The van der Waals surface area contributed by atoms with E-state index in [1.165, 1.54) is 12.8 Å². The summed E-state index contributed by atoms with van der Waals surface area (Å²) in [6.45, 7) is 4.74. The van der Waals surface area contributed by atoms with Gasteiger partial charge in [0.1, 0.15) is 11.9 Å². The third kappa shape index (κ3) is 4.23. The lowest BCUT2D eigenvalue weighted by atomic mass is 10.0. The van der Waals surface area contributed by atoms with Crippen LogP contribution in [0.2, 0.25) is 0 Å². The van der Waals surface area contributed by atoms with Crippen molar-refractivity contribution in [1.29, 1.82) is 0 Å². The van der Waals surface area contributed by atoms with E-state index in [9.17, 15) is 4.79 Å². The van der Waals surface area contributed by atoms with Crippen LogP contribution in [-0.2, 0) is 20.7 Å². The molecule has 0 aromatic heterocycles. The molecule has 4 heteroatoms. The lowest BCUT2D eigenvalue weighted by Gasteiger charge is -2.08. The Bertz CT molecular complexity index is 498. The van der Waals surface area contributed by atoms with Gasteiger partial charge in [0.2, 0.25) is 0 Å². The van der Waals surface area contributed by atoms with E-state index in [-0.39, 0.29) is 12.1 Å². The number of esters is 1. The average Bonchev–Trinajstić information content (AvgIpc) is 3.34. The Labute approximate surface area is 132 Å². The molecule has 0 saturated carbocycles. The van der Waals surface area contributed by atoms with Crippen molar-refractivity contribution in [1.82, 2.24) is 0 Å². The Morgan fingerprint density at radius 3 is 2.73 bits per heavy atom. The number of ether oxygens (including phenoxy) is 3. The van der Waals surface area contributed by atoms with Crippen LogP contribution < -0.4 is 4.74 Å². The zero-order valence-electron chi connectivity index (χ0n) is 13.8. The van der Waals surface area contributed by atoms with Gasteiger partial charge in [-0.3, -0.25) is 0 Å². The molecular formula is C18H26O4. The largest absolute Gasteiger partial charge is 0.497 e. The zero-order chi connectivity index (χ0) is 15.9. The second-order valence-corrected chi connectivity index (χ2v) is 5.62. The van der Waals surface area contributed by atoms with Gasteiger partial charge in [-0.15, -0.1) is 0 Å². The van der Waals surface area contributed by atoms with Crippen molar-refractivity contribution < 1.29 is 19.0 Å². The van der Waals surface area contributed by atoms with Crippen molar-refractivity contribution in [3.63, 3.8) is 0 Å². The molecule has 2 rings (SSSR count). The molecule has 1 aliphatic heterocycles. The van der Waals surface area contributed by atoms with E-state index in [2.05, 4.69) is 13.8 Å². The first-order chi connectivity index (χ1) is 10.7. The van der Waals surface area contributed by atoms with Crippen LogP contribution in [0, 0.1) is 0 Å². The van der Waals surface area contributed by atoms with Gasteiger partial charge in [-0.1, -0.05) is 39.2 Å². The van der Waals surface area contributed by atoms with Crippen molar-refractivity contribution in [2.24, 2.45) is 0 Å². The van der Waals surface area contributed by atoms with Gasteiger partial charge < -0.3 is 14.2 Å². The molecule has 122 valence electrons. The number of epoxide rings is 1. The van der Waals surface area contributed by atoms with Gasteiger partial charge in [-0.25, -0.2) is 4.79 Å². The van der Waals surface area contributed by atoms with Crippen molar-refractivity contribution in [2.75, 3.05) is 13.7 Å². The summed E-state index contributed by atoms with van der Waals surface area (Å²) in [5, 5.41) is 0. The Balaban J connectivity index is 1.85. The van der Waals surface area contributed by atoms with Crippen molar-refractivity contribution in [3.05, 3.63) is 29.3 Å². The highest BCUT2D eigenvalue weighted by Crippen LogP contribution is 2.42. The first kappa shape index (κ1) is 16.8. The zero-order valence-corrected chi connectivity index (χ0v) is 13.8. The van der Waals surface area contributed by atoms with Crippen LogP contribution in [0.15, 0.2) is 18.2 Å². The van der Waals surface area contributed by atoms with E-state index in [1.807, 2.05) is 18.2 Å². The maximum absolute atomic E-state index is 12.0. The fourth-order valence-corrected chi connectivity index (χ4v) is 2.60. The van der Waals surface area contributed by atoms with Crippen LogP contribution in [-0.4, -0.2) is 25.8 Å². The van der Waals surface area contributed by atoms with Crippen molar-refractivity contribution in [3.8, 4) is 5.75 Å². The van der Waals surface area contributed by atoms with Crippen LogP contribution in [0.25, 0.3) is 0 Å². The number of hydrogen-bond donors (Lipinski definition) is 0. The Morgan fingerprint density at radius 2 is 2.05 bits per heavy atom. The van der Waals surface area contributed by atoms with Gasteiger partial charge in [0.15, 0.2) is 6.10 Å². The second-order valence-electron chi connectivity index (χ2n) is 5.62. The van der Waals surface area contributed by atoms with E-state index < -0.39 is 6.10 Å². The van der Waals surface area contributed by atoms with Gasteiger partial charge in [-0.2, -0.15) is 0 Å². The maximum atomic E-state index is 12.0. The predicted octanol–water partition coefficient (Wildman–Crippen LogP) is 3.82. The standard InChI is InChI=1S/C18H26O4/c1-4-6-7-8-11-21-18(19)17-16(22-17)15-10-9-14(20-3)12-13(15)5-2/h9-10,12,16-17H,4-8,11H2,1-3H3. The highest BCUT2D eigenvalue weighted by atomic mass is 16.6. The summed E-state index contributed by atoms with van der Waals surface area (Å²) < 4.78 is 16.1. The quantitative estimate of drug-likeness (QED) is 0.395. The van der Waals surface area contributed by atoms with E-state index in [0.29, 0.717) is 6.61 Å². The molecule has 2 unspecified atom stereocenters. The Hall–Kier alpha value is -1.55. The number of methoxy groups -OCH3 is 1. The number of benzene rings is 1. The van der Waals surface area contributed by atoms with E-state index in [1.54, 1.807) is 7.11 Å². The Kier molecular flexibility index (Phi) is 6.25. The minimum Gasteiger partial charge on any atom is -0.497 e. The molecule has 0 amide bonds. The molecule has 4 nitrogen and oxygen atoms in total. The molecule has 1 heterocycles. The van der Waals surface area contributed by atoms with Gasteiger partial charge in [0.05, 0.1) is 13.7 Å². The second kappa shape index (κ2) is 8.18. The van der Waals surface area contributed by atoms with Gasteiger partial charge in [0, 0.05) is 0 Å². The predicted molar refractivity (Wildman–Crippen MR) is 85.1 cm³/mol. The SMILES string of the molecule is CCCCCCOC(=O)C1OC1c1ccc(OC)cc1CC. The van der Waals surface area contributed by atoms with Crippen molar-refractivity contribution >= 4 is 5.97 Å². The first-order valence-corrected chi connectivity index (χ1v) is 8.20. The van der Waals surface area contributed by atoms with Crippen molar-refractivity contribution in [2.45, 2.75) is 58.2 Å². The fourth-order valence-electron chi connectivity index (χ4n) is 2.60. The lowest BCUT2D eigenvalue weighted by Crippen LogP contribution is -2.13. The lowest BCUT2D eigenvalue weighted by molar-refractivity contribution is -0.145. The minimum absolute atomic E-state index is 0.163. The maximum Gasteiger partial charge on any atom is 0.338 e. The smallest absolute Gasteiger partial charge is 0.338 e.